The van der Waals surface area contributed by atoms with E-state index in [0.29, 0.717) is 25.3 Å². The zero-order chi connectivity index (χ0) is 19.6. The number of rotatable bonds is 3. The van der Waals surface area contributed by atoms with Crippen molar-refractivity contribution < 1.29 is 9.53 Å². The summed E-state index contributed by atoms with van der Waals surface area (Å²) in [6.07, 6.45) is 1.74. The number of morpholine rings is 1. The van der Waals surface area contributed by atoms with Gasteiger partial charge in [-0.2, -0.15) is 0 Å². The van der Waals surface area contributed by atoms with Crippen molar-refractivity contribution in [1.29, 1.82) is 0 Å². The Balaban J connectivity index is 1.35. The lowest BCUT2D eigenvalue weighted by molar-refractivity contribution is -0.0228. The summed E-state index contributed by atoms with van der Waals surface area (Å²) >= 11 is 0. The Bertz CT molecular complexity index is 1140. The van der Waals surface area contributed by atoms with Crippen molar-refractivity contribution in [2.24, 2.45) is 0 Å². The summed E-state index contributed by atoms with van der Waals surface area (Å²) in [6.45, 7) is 1.72. The van der Waals surface area contributed by atoms with Crippen LogP contribution in [0.5, 0.6) is 0 Å². The number of hydrogen-bond donors (Lipinski definition) is 0. The van der Waals surface area contributed by atoms with Crippen molar-refractivity contribution in [3.05, 3.63) is 96.3 Å². The molecule has 1 aliphatic rings. The van der Waals surface area contributed by atoms with E-state index in [0.717, 1.165) is 22.3 Å². The highest BCUT2D eigenvalue weighted by atomic mass is 16.5. The Morgan fingerprint density at radius 2 is 1.69 bits per heavy atom. The Morgan fingerprint density at radius 3 is 2.52 bits per heavy atom. The molecule has 29 heavy (non-hydrogen) atoms. The number of nitrogens with zero attached hydrogens (tertiary/aromatic N) is 3. The zero-order valence-corrected chi connectivity index (χ0v) is 15.9. The van der Waals surface area contributed by atoms with Gasteiger partial charge < -0.3 is 9.64 Å². The highest BCUT2D eigenvalue weighted by molar-refractivity contribution is 5.94. The Hall–Kier alpha value is -3.44. The van der Waals surface area contributed by atoms with Crippen LogP contribution in [0.15, 0.2) is 85.2 Å². The molecule has 0 aliphatic carbocycles. The van der Waals surface area contributed by atoms with Gasteiger partial charge in [-0.3, -0.25) is 9.36 Å². The summed E-state index contributed by atoms with van der Waals surface area (Å²) in [5.41, 5.74) is 4.77. The number of fused-ring (bicyclic) bond motifs is 1. The van der Waals surface area contributed by atoms with Crippen LogP contribution in [0.2, 0.25) is 0 Å². The van der Waals surface area contributed by atoms with Crippen molar-refractivity contribution in [3.63, 3.8) is 0 Å². The number of para-hydroxylation sites is 2. The third kappa shape index (κ3) is 3.41. The zero-order valence-electron chi connectivity index (χ0n) is 15.9. The fourth-order valence-corrected chi connectivity index (χ4v) is 3.82. The largest absolute Gasteiger partial charge is 0.370 e. The number of carbonyl (C=O) groups is 1. The summed E-state index contributed by atoms with van der Waals surface area (Å²) in [6, 6.07) is 25.8. The maximum atomic E-state index is 13.0. The molecule has 0 bridgehead atoms. The topological polar surface area (TPSA) is 47.4 Å². The number of imidazole rings is 1. The van der Waals surface area contributed by atoms with Crippen LogP contribution in [0.4, 0.5) is 0 Å². The number of carbonyl (C=O) groups excluding carboxylic acids is 1. The highest BCUT2D eigenvalue weighted by Crippen LogP contribution is 2.24. The second-order valence-corrected chi connectivity index (χ2v) is 7.17. The summed E-state index contributed by atoms with van der Waals surface area (Å²) < 4.78 is 7.92. The van der Waals surface area contributed by atoms with Gasteiger partial charge >= 0.3 is 0 Å². The second-order valence-electron chi connectivity index (χ2n) is 7.17. The molecule has 1 atom stereocenters. The molecule has 2 heterocycles. The number of ether oxygens (including phenoxy) is 1. The van der Waals surface area contributed by atoms with Gasteiger partial charge in [0.15, 0.2) is 0 Å². The molecule has 4 aromatic rings. The first kappa shape index (κ1) is 17.6. The fourth-order valence-electron chi connectivity index (χ4n) is 3.82. The minimum absolute atomic E-state index is 0.0382. The van der Waals surface area contributed by atoms with E-state index in [9.17, 15) is 4.79 Å². The van der Waals surface area contributed by atoms with Gasteiger partial charge in [-0.15, -0.1) is 0 Å². The predicted octanol–water partition coefficient (Wildman–Crippen LogP) is 4.24. The van der Waals surface area contributed by atoms with Crippen molar-refractivity contribution in [2.45, 2.75) is 6.10 Å². The summed E-state index contributed by atoms with van der Waals surface area (Å²) in [4.78, 5) is 19.4. The molecule has 1 fully saturated rings. The van der Waals surface area contributed by atoms with Crippen LogP contribution in [-0.4, -0.2) is 40.1 Å². The van der Waals surface area contributed by atoms with Crippen LogP contribution >= 0.6 is 0 Å². The van der Waals surface area contributed by atoms with E-state index < -0.39 is 0 Å². The van der Waals surface area contributed by atoms with Gasteiger partial charge in [-0.1, -0.05) is 42.5 Å². The van der Waals surface area contributed by atoms with Crippen molar-refractivity contribution in [1.82, 2.24) is 14.5 Å². The first-order valence-electron chi connectivity index (χ1n) is 9.78. The molecule has 1 unspecified atom stereocenters. The fraction of sp³-hybridized carbons (Fsp3) is 0.167. The average Bonchev–Trinajstić information content (AvgIpc) is 3.24. The average molecular weight is 383 g/mol. The minimum Gasteiger partial charge on any atom is -0.370 e. The summed E-state index contributed by atoms with van der Waals surface area (Å²) in [5, 5.41) is 0. The second kappa shape index (κ2) is 7.53. The van der Waals surface area contributed by atoms with E-state index in [2.05, 4.69) is 4.98 Å². The molecule has 1 aliphatic heterocycles. The van der Waals surface area contributed by atoms with Gasteiger partial charge in [0, 0.05) is 17.8 Å². The molecule has 1 aromatic heterocycles. The molecular formula is C24H21N3O2. The molecule has 0 N–H and O–H groups in total. The van der Waals surface area contributed by atoms with Crippen LogP contribution in [0, 0.1) is 0 Å². The third-order valence-corrected chi connectivity index (χ3v) is 5.37. The molecule has 0 saturated carbocycles. The molecular weight excluding hydrogens is 362 g/mol. The lowest BCUT2D eigenvalue weighted by Crippen LogP contribution is -2.42. The van der Waals surface area contributed by atoms with E-state index in [1.165, 1.54) is 0 Å². The molecule has 0 spiro atoms. The van der Waals surface area contributed by atoms with E-state index >= 15 is 0 Å². The lowest BCUT2D eigenvalue weighted by Gasteiger charge is -2.33. The molecule has 3 aromatic carbocycles. The summed E-state index contributed by atoms with van der Waals surface area (Å²) in [7, 11) is 0. The van der Waals surface area contributed by atoms with Gasteiger partial charge in [0.25, 0.3) is 5.91 Å². The maximum Gasteiger partial charge on any atom is 0.254 e. The van der Waals surface area contributed by atoms with Crippen molar-refractivity contribution in [2.75, 3.05) is 19.7 Å². The number of hydrogen-bond acceptors (Lipinski definition) is 3. The standard InChI is InChI=1S/C24H21N3O2/c28-24(26-14-15-29-23(16-26)18-6-2-1-3-7-18)19-10-12-20(13-11-19)27-17-25-21-8-4-5-9-22(21)27/h1-13,17,23H,14-16H2. The van der Waals surface area contributed by atoms with Crippen LogP contribution in [0.3, 0.4) is 0 Å². The van der Waals surface area contributed by atoms with Gasteiger partial charge in [0.2, 0.25) is 0 Å². The highest BCUT2D eigenvalue weighted by Gasteiger charge is 2.26. The quantitative estimate of drug-likeness (QED) is 0.532. The molecule has 5 rings (SSSR count). The van der Waals surface area contributed by atoms with Crippen LogP contribution < -0.4 is 0 Å². The monoisotopic (exact) mass is 383 g/mol. The van der Waals surface area contributed by atoms with E-state index in [1.54, 1.807) is 0 Å². The van der Waals surface area contributed by atoms with Gasteiger partial charge in [0.05, 0.1) is 24.2 Å². The lowest BCUT2D eigenvalue weighted by atomic mass is 10.1. The van der Waals surface area contributed by atoms with Gasteiger partial charge in [-0.05, 0) is 42.0 Å². The first-order chi connectivity index (χ1) is 14.3. The van der Waals surface area contributed by atoms with Gasteiger partial charge in [-0.25, -0.2) is 4.98 Å². The van der Waals surface area contributed by atoms with Gasteiger partial charge in [0.1, 0.15) is 12.4 Å². The van der Waals surface area contributed by atoms with Crippen LogP contribution in [0.1, 0.15) is 22.0 Å². The normalized spacial score (nSPS) is 16.8. The number of amides is 1. The van der Waals surface area contributed by atoms with E-state index in [-0.39, 0.29) is 12.0 Å². The minimum atomic E-state index is -0.0783. The SMILES string of the molecule is O=C(c1ccc(-n2cnc3ccccc32)cc1)N1CCOC(c2ccccc2)C1. The Labute approximate surface area is 169 Å². The predicted molar refractivity (Wildman–Crippen MR) is 112 cm³/mol. The third-order valence-electron chi connectivity index (χ3n) is 5.37. The van der Waals surface area contributed by atoms with E-state index in [4.69, 9.17) is 4.74 Å². The summed E-state index contributed by atoms with van der Waals surface area (Å²) in [5.74, 6) is 0.0382. The molecule has 5 heteroatoms. The van der Waals surface area contributed by atoms with Crippen molar-refractivity contribution in [3.8, 4) is 5.69 Å². The Morgan fingerprint density at radius 1 is 0.931 bits per heavy atom. The smallest absolute Gasteiger partial charge is 0.254 e. The molecule has 1 saturated heterocycles. The van der Waals surface area contributed by atoms with Crippen LogP contribution in [-0.2, 0) is 4.74 Å². The Kier molecular flexibility index (Phi) is 4.58. The number of benzene rings is 3. The van der Waals surface area contributed by atoms with Crippen LogP contribution in [0.25, 0.3) is 16.7 Å². The molecule has 1 amide bonds. The molecule has 5 nitrogen and oxygen atoms in total. The van der Waals surface area contributed by atoms with Crippen molar-refractivity contribution >= 4 is 16.9 Å². The maximum absolute atomic E-state index is 13.0. The molecule has 144 valence electrons. The molecule has 0 radical (unpaired) electrons. The number of aromatic nitrogens is 2. The van der Waals surface area contributed by atoms with E-state index in [1.807, 2.05) is 94.7 Å². The first-order valence-corrected chi connectivity index (χ1v) is 9.78.